The highest BCUT2D eigenvalue weighted by Gasteiger charge is 2.47. The third-order valence-corrected chi connectivity index (χ3v) is 3.94. The number of rotatable bonds is 9. The van der Waals surface area contributed by atoms with Crippen LogP contribution in [0.25, 0.3) is 0 Å². The topological polar surface area (TPSA) is 78.9 Å². The van der Waals surface area contributed by atoms with Gasteiger partial charge in [0.15, 0.2) is 11.5 Å². The van der Waals surface area contributed by atoms with Gasteiger partial charge < -0.3 is 14.2 Å². The first-order valence-corrected chi connectivity index (χ1v) is 9.58. The summed E-state index contributed by atoms with van der Waals surface area (Å²) in [5.74, 6) is 6.08. The summed E-state index contributed by atoms with van der Waals surface area (Å²) in [6.45, 7) is 4.72. The lowest BCUT2D eigenvalue weighted by molar-refractivity contribution is -0.171. The first-order valence-electron chi connectivity index (χ1n) is 9.58. The summed E-state index contributed by atoms with van der Waals surface area (Å²) < 4.78 is 15.3. The molecule has 1 unspecified atom stereocenters. The number of hydrogen-bond donors (Lipinski definition) is 0. The molecule has 0 heterocycles. The van der Waals surface area contributed by atoms with Gasteiger partial charge in [0.25, 0.3) is 0 Å². The van der Waals surface area contributed by atoms with Crippen LogP contribution in [0.5, 0.6) is 0 Å². The van der Waals surface area contributed by atoms with Gasteiger partial charge in [0.05, 0.1) is 13.2 Å². The van der Waals surface area contributed by atoms with E-state index in [1.54, 1.807) is 13.8 Å². The standard InChI is InChI=1S/C24H26O6/c1-5-17-24(22(26)28-6-2,23(27)29-7-3)18-11-14-21(30-19(4)25)16-15-20-12-9-8-10-13-20/h1,8-14,21H,6-7,17-18H2,2-4H3/b14-11+. The molecule has 1 aromatic carbocycles. The molecule has 0 amide bonds. The second kappa shape index (κ2) is 12.9. The molecule has 0 saturated carbocycles. The van der Waals surface area contributed by atoms with Gasteiger partial charge in [0, 0.05) is 18.9 Å². The minimum Gasteiger partial charge on any atom is -0.465 e. The number of hydrogen-bond acceptors (Lipinski definition) is 6. The second-order valence-electron chi connectivity index (χ2n) is 6.20. The fourth-order valence-corrected chi connectivity index (χ4v) is 2.54. The van der Waals surface area contributed by atoms with Crippen molar-refractivity contribution >= 4 is 17.9 Å². The van der Waals surface area contributed by atoms with Crippen molar-refractivity contribution in [1.29, 1.82) is 0 Å². The molecule has 0 fully saturated rings. The SMILES string of the molecule is C#CCC(C/C=C/C(C#Cc1ccccc1)OC(C)=O)(C(=O)OCC)C(=O)OCC. The third-order valence-electron chi connectivity index (χ3n) is 3.94. The maximum Gasteiger partial charge on any atom is 0.324 e. The molecule has 0 bridgehead atoms. The molecule has 1 aromatic rings. The molecule has 1 rings (SSSR count). The summed E-state index contributed by atoms with van der Waals surface area (Å²) in [6.07, 6.45) is 7.30. The quantitative estimate of drug-likeness (QED) is 0.205. The molecular weight excluding hydrogens is 384 g/mol. The van der Waals surface area contributed by atoms with E-state index in [4.69, 9.17) is 20.6 Å². The lowest BCUT2D eigenvalue weighted by Crippen LogP contribution is -2.41. The number of terminal acetylenes is 1. The highest BCUT2D eigenvalue weighted by Crippen LogP contribution is 2.31. The first kappa shape index (κ1) is 24.5. The van der Waals surface area contributed by atoms with E-state index in [0.717, 1.165) is 5.56 Å². The molecule has 30 heavy (non-hydrogen) atoms. The van der Waals surface area contributed by atoms with Crippen LogP contribution in [0.2, 0.25) is 0 Å². The van der Waals surface area contributed by atoms with Crippen LogP contribution in [0.15, 0.2) is 42.5 Å². The van der Waals surface area contributed by atoms with Crippen molar-refractivity contribution in [2.24, 2.45) is 5.41 Å². The minimum absolute atomic E-state index is 0.0837. The van der Waals surface area contributed by atoms with Crippen molar-refractivity contribution in [2.45, 2.75) is 39.7 Å². The molecule has 0 N–H and O–H groups in total. The fourth-order valence-electron chi connectivity index (χ4n) is 2.54. The monoisotopic (exact) mass is 410 g/mol. The Morgan fingerprint density at radius 2 is 1.70 bits per heavy atom. The molecule has 158 valence electrons. The van der Waals surface area contributed by atoms with Crippen LogP contribution >= 0.6 is 0 Å². The van der Waals surface area contributed by atoms with Gasteiger partial charge in [0.2, 0.25) is 0 Å². The molecule has 0 aromatic heterocycles. The molecule has 0 saturated heterocycles. The molecule has 0 aliphatic carbocycles. The van der Waals surface area contributed by atoms with Crippen LogP contribution in [0.4, 0.5) is 0 Å². The van der Waals surface area contributed by atoms with Crippen molar-refractivity contribution < 1.29 is 28.6 Å². The van der Waals surface area contributed by atoms with Crippen molar-refractivity contribution in [2.75, 3.05) is 13.2 Å². The highest BCUT2D eigenvalue weighted by atomic mass is 16.6. The van der Waals surface area contributed by atoms with E-state index >= 15 is 0 Å². The summed E-state index contributed by atoms with van der Waals surface area (Å²) in [7, 11) is 0. The van der Waals surface area contributed by atoms with Gasteiger partial charge in [-0.1, -0.05) is 30.2 Å². The maximum absolute atomic E-state index is 12.6. The minimum atomic E-state index is -1.68. The number of carbonyl (C=O) groups excluding carboxylic acids is 3. The first-order chi connectivity index (χ1) is 14.4. The third kappa shape index (κ3) is 7.48. The van der Waals surface area contributed by atoms with Gasteiger partial charge in [-0.25, -0.2) is 0 Å². The zero-order valence-electron chi connectivity index (χ0n) is 17.5. The van der Waals surface area contributed by atoms with Gasteiger partial charge in [0.1, 0.15) is 0 Å². The number of esters is 3. The summed E-state index contributed by atoms with van der Waals surface area (Å²) >= 11 is 0. The van der Waals surface area contributed by atoms with Crippen molar-refractivity contribution in [3.63, 3.8) is 0 Å². The average molecular weight is 410 g/mol. The van der Waals surface area contributed by atoms with Crippen LogP contribution in [-0.2, 0) is 28.6 Å². The molecule has 0 spiro atoms. The average Bonchev–Trinajstić information content (AvgIpc) is 2.71. The predicted octanol–water partition coefficient (Wildman–Crippen LogP) is 3.05. The van der Waals surface area contributed by atoms with E-state index in [1.165, 1.54) is 19.1 Å². The van der Waals surface area contributed by atoms with E-state index in [9.17, 15) is 14.4 Å². The van der Waals surface area contributed by atoms with E-state index in [2.05, 4.69) is 17.8 Å². The lowest BCUT2D eigenvalue weighted by Gasteiger charge is -2.26. The predicted molar refractivity (Wildman–Crippen MR) is 112 cm³/mol. The Morgan fingerprint density at radius 1 is 1.10 bits per heavy atom. The Kier molecular flexibility index (Phi) is 10.5. The van der Waals surface area contributed by atoms with Crippen LogP contribution < -0.4 is 0 Å². The van der Waals surface area contributed by atoms with Crippen molar-refractivity contribution in [3.05, 3.63) is 48.0 Å². The van der Waals surface area contributed by atoms with E-state index in [0.29, 0.717) is 0 Å². The lowest BCUT2D eigenvalue weighted by atomic mass is 9.81. The molecule has 1 atom stereocenters. The van der Waals surface area contributed by atoms with Gasteiger partial charge in [-0.2, -0.15) is 0 Å². The van der Waals surface area contributed by atoms with Crippen LogP contribution in [0, 0.1) is 29.6 Å². The Labute approximate surface area is 177 Å². The summed E-state index contributed by atoms with van der Waals surface area (Å²) in [4.78, 5) is 36.6. The van der Waals surface area contributed by atoms with Crippen molar-refractivity contribution in [3.8, 4) is 24.2 Å². The van der Waals surface area contributed by atoms with Gasteiger partial charge in [-0.05, 0) is 44.4 Å². The molecule has 6 nitrogen and oxygen atoms in total. The van der Waals surface area contributed by atoms with Crippen LogP contribution in [-0.4, -0.2) is 37.2 Å². The zero-order chi connectivity index (χ0) is 22.4. The normalized spacial score (nSPS) is 11.5. The largest absolute Gasteiger partial charge is 0.465 e. The Hall–Kier alpha value is -3.51. The van der Waals surface area contributed by atoms with Gasteiger partial charge in [-0.15, -0.1) is 12.3 Å². The number of benzene rings is 1. The maximum atomic E-state index is 12.6. The number of ether oxygens (including phenoxy) is 3. The Bertz CT molecular complexity index is 833. The highest BCUT2D eigenvalue weighted by molar-refractivity contribution is 6.00. The van der Waals surface area contributed by atoms with E-state index in [1.807, 2.05) is 30.3 Å². The Balaban J connectivity index is 3.15. The van der Waals surface area contributed by atoms with E-state index in [-0.39, 0.29) is 26.1 Å². The number of allylic oxidation sites excluding steroid dienone is 1. The Morgan fingerprint density at radius 3 is 2.20 bits per heavy atom. The van der Waals surface area contributed by atoms with Crippen LogP contribution in [0.1, 0.15) is 39.2 Å². The molecule has 0 radical (unpaired) electrons. The smallest absolute Gasteiger partial charge is 0.324 e. The number of carbonyl (C=O) groups is 3. The van der Waals surface area contributed by atoms with Gasteiger partial charge in [-0.3, -0.25) is 14.4 Å². The molecule has 0 aliphatic heterocycles. The zero-order valence-corrected chi connectivity index (χ0v) is 17.5. The summed E-state index contributed by atoms with van der Waals surface area (Å²) in [5.41, 5.74) is -0.923. The molecule has 6 heteroatoms. The second-order valence-corrected chi connectivity index (χ2v) is 6.20. The van der Waals surface area contributed by atoms with Crippen LogP contribution in [0.3, 0.4) is 0 Å². The fraction of sp³-hybridized carbons (Fsp3) is 0.375. The molecular formula is C24H26O6. The van der Waals surface area contributed by atoms with Gasteiger partial charge >= 0.3 is 17.9 Å². The summed E-state index contributed by atoms with van der Waals surface area (Å²) in [6, 6.07) is 9.19. The van der Waals surface area contributed by atoms with Crippen molar-refractivity contribution in [1.82, 2.24) is 0 Å². The molecule has 0 aliphatic rings. The van der Waals surface area contributed by atoms with E-state index < -0.39 is 29.4 Å². The summed E-state index contributed by atoms with van der Waals surface area (Å²) in [5, 5.41) is 0.